The Hall–Kier alpha value is -2.62. The number of nitro benzene ring substituents is 1. The van der Waals surface area contributed by atoms with Crippen LogP contribution in [-0.4, -0.2) is 19.4 Å². The van der Waals surface area contributed by atoms with E-state index in [2.05, 4.69) is 20.9 Å². The van der Waals surface area contributed by atoms with Gasteiger partial charge in [0.2, 0.25) is 0 Å². The lowest BCUT2D eigenvalue weighted by Crippen LogP contribution is -2.23. The SMILES string of the molecule is O=c1ncc([N+](=O)[O-])cn1Cc1cccc([N+](=O)[O-])c1Br. The fraction of sp³-hybridized carbons (Fsp3) is 0.0909. The second kappa shape index (κ2) is 5.79. The quantitative estimate of drug-likeness (QED) is 0.610. The van der Waals surface area contributed by atoms with E-state index in [9.17, 15) is 25.0 Å². The summed E-state index contributed by atoms with van der Waals surface area (Å²) < 4.78 is 1.23. The minimum atomic E-state index is -0.681. The molecule has 2 rings (SSSR count). The van der Waals surface area contributed by atoms with E-state index in [-0.39, 0.29) is 22.4 Å². The molecule has 0 amide bonds. The van der Waals surface area contributed by atoms with E-state index in [1.165, 1.54) is 12.1 Å². The van der Waals surface area contributed by atoms with Crippen molar-refractivity contribution >= 4 is 27.3 Å². The molecule has 1 heterocycles. The van der Waals surface area contributed by atoms with Crippen molar-refractivity contribution in [3.8, 4) is 0 Å². The third-order valence-electron chi connectivity index (χ3n) is 2.65. The molecule has 0 bridgehead atoms. The molecular formula is C11H7BrN4O5. The van der Waals surface area contributed by atoms with Gasteiger partial charge in [0, 0.05) is 6.07 Å². The molecule has 0 radical (unpaired) electrons. The number of nitrogens with zero attached hydrogens (tertiary/aromatic N) is 4. The number of nitro groups is 2. The van der Waals surface area contributed by atoms with Gasteiger partial charge >= 0.3 is 11.4 Å². The predicted octanol–water partition coefficient (Wildman–Crippen LogP) is 1.87. The maximum absolute atomic E-state index is 11.6. The Kier molecular flexibility index (Phi) is 4.08. The summed E-state index contributed by atoms with van der Waals surface area (Å²) in [6.45, 7) is -0.0736. The summed E-state index contributed by atoms with van der Waals surface area (Å²) in [5.41, 5.74) is -0.734. The summed E-state index contributed by atoms with van der Waals surface area (Å²) in [7, 11) is 0. The van der Waals surface area contributed by atoms with Crippen molar-refractivity contribution in [1.82, 2.24) is 9.55 Å². The van der Waals surface area contributed by atoms with E-state index in [1.807, 2.05) is 0 Å². The topological polar surface area (TPSA) is 121 Å². The Morgan fingerprint density at radius 1 is 1.24 bits per heavy atom. The van der Waals surface area contributed by atoms with Crippen LogP contribution >= 0.6 is 15.9 Å². The highest BCUT2D eigenvalue weighted by Gasteiger charge is 2.16. The van der Waals surface area contributed by atoms with Crippen LogP contribution in [0.4, 0.5) is 11.4 Å². The molecular weight excluding hydrogens is 348 g/mol. The number of hydrogen-bond donors (Lipinski definition) is 0. The molecule has 0 saturated carbocycles. The minimum absolute atomic E-state index is 0.0736. The Morgan fingerprint density at radius 2 is 1.95 bits per heavy atom. The molecule has 0 N–H and O–H groups in total. The standard InChI is InChI=1S/C11H7BrN4O5/c12-10-7(2-1-3-9(10)16(20)21)5-14-6-8(15(18)19)4-13-11(14)17/h1-4,6H,5H2. The smallest absolute Gasteiger partial charge is 0.288 e. The molecule has 0 aliphatic carbocycles. The highest BCUT2D eigenvalue weighted by atomic mass is 79.9. The van der Waals surface area contributed by atoms with E-state index in [0.29, 0.717) is 5.56 Å². The monoisotopic (exact) mass is 354 g/mol. The summed E-state index contributed by atoms with van der Waals surface area (Å²) in [6, 6.07) is 4.35. The Labute approximate surface area is 125 Å². The number of rotatable bonds is 4. The number of halogens is 1. The zero-order valence-electron chi connectivity index (χ0n) is 10.3. The molecule has 0 saturated heterocycles. The summed E-state index contributed by atoms with van der Waals surface area (Å²) in [4.78, 5) is 35.3. The molecule has 0 fully saturated rings. The highest BCUT2D eigenvalue weighted by Crippen LogP contribution is 2.28. The van der Waals surface area contributed by atoms with Gasteiger partial charge in [-0.2, -0.15) is 4.98 Å². The molecule has 108 valence electrons. The van der Waals surface area contributed by atoms with Gasteiger partial charge in [0.1, 0.15) is 10.7 Å². The first-order valence-corrected chi connectivity index (χ1v) is 6.32. The summed E-state index contributed by atoms with van der Waals surface area (Å²) in [6.07, 6.45) is 1.90. The van der Waals surface area contributed by atoms with Gasteiger partial charge in [-0.05, 0) is 21.5 Å². The second-order valence-corrected chi connectivity index (χ2v) is 4.78. The lowest BCUT2D eigenvalue weighted by molar-refractivity contribution is -0.385. The zero-order chi connectivity index (χ0) is 15.6. The fourth-order valence-corrected chi connectivity index (χ4v) is 2.20. The molecule has 2 aromatic rings. The van der Waals surface area contributed by atoms with Crippen molar-refractivity contribution in [3.05, 3.63) is 71.3 Å². The van der Waals surface area contributed by atoms with Crippen LogP contribution in [0.1, 0.15) is 5.56 Å². The van der Waals surface area contributed by atoms with Crippen LogP contribution in [0.25, 0.3) is 0 Å². The van der Waals surface area contributed by atoms with E-state index in [0.717, 1.165) is 17.0 Å². The summed E-state index contributed by atoms with van der Waals surface area (Å²) in [5.74, 6) is 0. The van der Waals surface area contributed by atoms with Crippen molar-refractivity contribution in [3.63, 3.8) is 0 Å². The molecule has 1 aromatic carbocycles. The third-order valence-corrected chi connectivity index (χ3v) is 3.56. The van der Waals surface area contributed by atoms with Gasteiger partial charge in [0.15, 0.2) is 0 Å². The second-order valence-electron chi connectivity index (χ2n) is 3.99. The highest BCUT2D eigenvalue weighted by molar-refractivity contribution is 9.10. The first-order valence-electron chi connectivity index (χ1n) is 5.53. The molecule has 0 atom stereocenters. The van der Waals surface area contributed by atoms with Gasteiger partial charge < -0.3 is 0 Å². The Bertz CT molecular complexity index is 788. The van der Waals surface area contributed by atoms with Crippen LogP contribution in [0.15, 0.2) is 39.9 Å². The van der Waals surface area contributed by atoms with Crippen molar-refractivity contribution in [1.29, 1.82) is 0 Å². The van der Waals surface area contributed by atoms with Gasteiger partial charge in [0.25, 0.3) is 5.69 Å². The number of benzene rings is 1. The Morgan fingerprint density at radius 3 is 2.57 bits per heavy atom. The Balaban J connectivity index is 2.46. The van der Waals surface area contributed by atoms with Crippen LogP contribution in [0.3, 0.4) is 0 Å². The first kappa shape index (κ1) is 14.8. The van der Waals surface area contributed by atoms with Crippen molar-refractivity contribution in [2.45, 2.75) is 6.54 Å². The third kappa shape index (κ3) is 3.11. The fourth-order valence-electron chi connectivity index (χ4n) is 1.66. The largest absolute Gasteiger partial charge is 0.348 e. The molecule has 1 aromatic heterocycles. The zero-order valence-corrected chi connectivity index (χ0v) is 11.9. The minimum Gasteiger partial charge on any atom is -0.288 e. The van der Waals surface area contributed by atoms with E-state index < -0.39 is 15.5 Å². The molecule has 21 heavy (non-hydrogen) atoms. The maximum atomic E-state index is 11.6. The maximum Gasteiger partial charge on any atom is 0.348 e. The van der Waals surface area contributed by atoms with Crippen LogP contribution in [-0.2, 0) is 6.54 Å². The van der Waals surface area contributed by atoms with E-state index in [1.54, 1.807) is 6.07 Å². The van der Waals surface area contributed by atoms with Gasteiger partial charge in [-0.25, -0.2) is 4.79 Å². The number of aromatic nitrogens is 2. The van der Waals surface area contributed by atoms with Gasteiger partial charge in [0.05, 0.1) is 22.6 Å². The normalized spacial score (nSPS) is 10.3. The van der Waals surface area contributed by atoms with Crippen LogP contribution in [0.5, 0.6) is 0 Å². The van der Waals surface area contributed by atoms with Gasteiger partial charge in [-0.3, -0.25) is 24.8 Å². The van der Waals surface area contributed by atoms with Crippen molar-refractivity contribution < 1.29 is 9.85 Å². The van der Waals surface area contributed by atoms with Crippen molar-refractivity contribution in [2.75, 3.05) is 0 Å². The van der Waals surface area contributed by atoms with Crippen LogP contribution in [0, 0.1) is 20.2 Å². The molecule has 9 nitrogen and oxygen atoms in total. The van der Waals surface area contributed by atoms with E-state index in [4.69, 9.17) is 0 Å². The molecule has 0 spiro atoms. The number of hydrogen-bond acceptors (Lipinski definition) is 6. The summed E-state index contributed by atoms with van der Waals surface area (Å²) in [5, 5.41) is 21.5. The molecule has 0 aliphatic heterocycles. The van der Waals surface area contributed by atoms with Crippen LogP contribution < -0.4 is 5.69 Å². The first-order chi connectivity index (χ1) is 9.90. The van der Waals surface area contributed by atoms with Crippen LogP contribution in [0.2, 0.25) is 0 Å². The average molecular weight is 355 g/mol. The van der Waals surface area contributed by atoms with Crippen molar-refractivity contribution in [2.24, 2.45) is 0 Å². The predicted molar refractivity (Wildman–Crippen MR) is 75.0 cm³/mol. The van der Waals surface area contributed by atoms with Gasteiger partial charge in [-0.15, -0.1) is 0 Å². The lowest BCUT2D eigenvalue weighted by Gasteiger charge is -2.07. The molecule has 0 unspecified atom stereocenters. The molecule has 10 heteroatoms. The lowest BCUT2D eigenvalue weighted by atomic mass is 10.2. The molecule has 0 aliphatic rings. The average Bonchev–Trinajstić information content (AvgIpc) is 2.42. The summed E-state index contributed by atoms with van der Waals surface area (Å²) >= 11 is 3.10. The van der Waals surface area contributed by atoms with E-state index >= 15 is 0 Å². The van der Waals surface area contributed by atoms with Gasteiger partial charge in [-0.1, -0.05) is 12.1 Å².